The highest BCUT2D eigenvalue weighted by atomic mass is 16.4. The molecule has 0 unspecified atom stereocenters. The number of aliphatic hydroxyl groups excluding tert-OH is 3. The van der Waals surface area contributed by atoms with Gasteiger partial charge in [0.15, 0.2) is 0 Å². The lowest BCUT2D eigenvalue weighted by molar-refractivity contribution is -0.298. The summed E-state index contributed by atoms with van der Waals surface area (Å²) >= 11 is 0. The lowest BCUT2D eigenvalue weighted by Crippen LogP contribution is -2.17. The summed E-state index contributed by atoms with van der Waals surface area (Å²) in [5.41, 5.74) is 0. The van der Waals surface area contributed by atoms with Gasteiger partial charge in [0.25, 0.3) is 0 Å². The molecule has 0 aliphatic rings. The second-order valence-corrected chi connectivity index (χ2v) is 2.07. The first kappa shape index (κ1) is 24.5. The standard InChI is InChI=1S/C3H8O3.2C3H4O2.O/c4-1-3(6)2-5;2*1-2-3(4)5;/h3-6H,1-2H2;2*2H,1H2,(H,4,5);/q;;;+2/p-2. The predicted octanol–water partition coefficient (Wildman–Crippen LogP) is -3.94. The molecule has 0 aliphatic carbocycles. The quantitative estimate of drug-likeness (QED) is 0.427. The average molecular weight is 250 g/mol. The lowest BCUT2D eigenvalue weighted by atomic mass is 10.4. The molecule has 0 saturated carbocycles. The van der Waals surface area contributed by atoms with Gasteiger partial charge in [0.2, 0.25) is 0 Å². The van der Waals surface area contributed by atoms with Crippen molar-refractivity contribution in [3.8, 4) is 0 Å². The van der Waals surface area contributed by atoms with E-state index in [-0.39, 0.29) is 18.7 Å². The van der Waals surface area contributed by atoms with Crippen LogP contribution in [0, 0.1) is 0 Å². The Bertz CT molecular complexity index is 191. The van der Waals surface area contributed by atoms with Crippen LogP contribution in [-0.4, -0.2) is 46.6 Å². The van der Waals surface area contributed by atoms with Crippen LogP contribution in [0.25, 0.3) is 0 Å². The largest absolute Gasteiger partial charge is 2.00 e. The molecule has 3 N–H and O–H groups in total. The smallest absolute Gasteiger partial charge is 0.545 e. The van der Waals surface area contributed by atoms with Gasteiger partial charge < -0.3 is 35.1 Å². The van der Waals surface area contributed by atoms with Gasteiger partial charge in [-0.3, -0.25) is 0 Å². The highest BCUT2D eigenvalue weighted by molar-refractivity contribution is 5.76. The molecule has 0 heterocycles. The second kappa shape index (κ2) is 19.8. The number of rotatable bonds is 4. The summed E-state index contributed by atoms with van der Waals surface area (Å²) in [6, 6.07) is 0. The van der Waals surface area contributed by atoms with Crippen molar-refractivity contribution in [1.29, 1.82) is 0 Å². The maximum Gasteiger partial charge on any atom is 2.00 e. The van der Waals surface area contributed by atoms with Gasteiger partial charge in [0.1, 0.15) is 6.10 Å². The van der Waals surface area contributed by atoms with Gasteiger partial charge in [-0.1, -0.05) is 13.2 Å². The molecular formula is C9H14O8. The summed E-state index contributed by atoms with van der Waals surface area (Å²) in [7, 11) is 0. The first-order valence-electron chi connectivity index (χ1n) is 3.92. The number of carboxylic acid groups (broad SMARTS) is 2. The second-order valence-electron chi connectivity index (χ2n) is 2.07. The summed E-state index contributed by atoms with van der Waals surface area (Å²) in [6.45, 7) is 5.07. The molecule has 0 aromatic heterocycles. The number of carboxylic acids is 2. The van der Waals surface area contributed by atoms with Crippen molar-refractivity contribution >= 4 is 11.9 Å². The minimum atomic E-state index is -1.23. The van der Waals surface area contributed by atoms with Crippen LogP contribution in [0.2, 0.25) is 0 Å². The number of hydrogen-bond donors (Lipinski definition) is 3. The number of aliphatic hydroxyl groups is 3. The Morgan fingerprint density at radius 1 is 1.06 bits per heavy atom. The molecule has 0 spiro atoms. The van der Waals surface area contributed by atoms with Crippen molar-refractivity contribution < 1.29 is 40.6 Å². The molecule has 0 fully saturated rings. The van der Waals surface area contributed by atoms with E-state index < -0.39 is 18.0 Å². The minimum absolute atomic E-state index is 0. The van der Waals surface area contributed by atoms with Crippen LogP contribution in [0.5, 0.6) is 0 Å². The summed E-state index contributed by atoms with van der Waals surface area (Å²) in [5, 5.41) is 42.3. The summed E-state index contributed by atoms with van der Waals surface area (Å²) < 4.78 is 0. The van der Waals surface area contributed by atoms with Crippen molar-refractivity contribution in [3.05, 3.63) is 25.3 Å². The van der Waals surface area contributed by atoms with Crippen LogP contribution in [0.15, 0.2) is 25.3 Å². The zero-order chi connectivity index (χ0) is 13.6. The monoisotopic (exact) mass is 250 g/mol. The number of aliphatic carboxylic acids is 2. The highest BCUT2D eigenvalue weighted by Gasteiger charge is 2.00. The van der Waals surface area contributed by atoms with E-state index in [0.717, 1.165) is 12.2 Å². The molecule has 0 aromatic carbocycles. The zero-order valence-corrected chi connectivity index (χ0v) is 8.94. The maximum atomic E-state index is 9.14. The Labute approximate surface area is 98.1 Å². The van der Waals surface area contributed by atoms with Crippen molar-refractivity contribution in [2.24, 2.45) is 0 Å². The summed E-state index contributed by atoms with van der Waals surface area (Å²) in [4.78, 5) is 18.3. The van der Waals surface area contributed by atoms with Gasteiger partial charge in [-0.15, -0.1) is 0 Å². The predicted molar refractivity (Wildman–Crippen MR) is 51.3 cm³/mol. The van der Waals surface area contributed by atoms with Crippen molar-refractivity contribution in [2.75, 3.05) is 13.2 Å². The van der Waals surface area contributed by atoms with Gasteiger partial charge in [-0.05, 0) is 12.2 Å². The van der Waals surface area contributed by atoms with Gasteiger partial charge in [0.05, 0.1) is 25.2 Å². The molecule has 0 atom stereocenters. The SMILES string of the molecule is C=CC(=O)[O-].C=CC(=O)[O-].OCC(O)CO.[O+2]. The molecule has 0 saturated heterocycles. The van der Waals surface area contributed by atoms with Crippen molar-refractivity contribution in [2.45, 2.75) is 6.10 Å². The van der Waals surface area contributed by atoms with E-state index in [0.29, 0.717) is 0 Å². The summed E-state index contributed by atoms with van der Waals surface area (Å²) in [6.07, 6.45) is 0.491. The van der Waals surface area contributed by atoms with Crippen LogP contribution in [0.3, 0.4) is 0 Å². The fraction of sp³-hybridized carbons (Fsp3) is 0.333. The maximum absolute atomic E-state index is 9.14. The highest BCUT2D eigenvalue weighted by Crippen LogP contribution is 1.71. The van der Waals surface area contributed by atoms with Gasteiger partial charge in [0, 0.05) is 0 Å². The van der Waals surface area contributed by atoms with Crippen LogP contribution in [-0.2, 0) is 15.1 Å². The van der Waals surface area contributed by atoms with E-state index in [1.807, 2.05) is 0 Å². The van der Waals surface area contributed by atoms with E-state index in [1.54, 1.807) is 0 Å². The first-order chi connectivity index (χ1) is 7.35. The van der Waals surface area contributed by atoms with Gasteiger partial charge in [-0.25, -0.2) is 0 Å². The Kier molecular flexibility index (Phi) is 28.5. The summed E-state index contributed by atoms with van der Waals surface area (Å²) in [5.74, 6) is -2.46. The molecule has 8 heteroatoms. The average Bonchev–Trinajstić information content (AvgIpc) is 2.29. The van der Waals surface area contributed by atoms with Crippen molar-refractivity contribution in [1.82, 2.24) is 0 Å². The Balaban J connectivity index is -0.0000000729. The molecule has 8 nitrogen and oxygen atoms in total. The molecule has 0 amide bonds. The zero-order valence-electron chi connectivity index (χ0n) is 8.94. The fourth-order valence-corrected chi connectivity index (χ4v) is 0.0577. The van der Waals surface area contributed by atoms with Gasteiger partial charge >= 0.3 is 5.48 Å². The number of hydrogen-bond acceptors (Lipinski definition) is 7. The van der Waals surface area contributed by atoms with Crippen LogP contribution >= 0.6 is 0 Å². The molecule has 0 rings (SSSR count). The number of carbonyl (C=O) groups excluding carboxylic acids is 2. The third kappa shape index (κ3) is 54.7. The van der Waals surface area contributed by atoms with Crippen LogP contribution < -0.4 is 10.2 Å². The molecule has 98 valence electrons. The third-order valence-electron chi connectivity index (χ3n) is 0.755. The van der Waals surface area contributed by atoms with Crippen LogP contribution in [0.4, 0.5) is 0 Å². The normalized spacial score (nSPS) is 7.29. The van der Waals surface area contributed by atoms with E-state index >= 15 is 0 Å². The fourth-order valence-electron chi connectivity index (χ4n) is 0.0577. The first-order valence-corrected chi connectivity index (χ1v) is 3.92. The van der Waals surface area contributed by atoms with E-state index in [9.17, 15) is 0 Å². The lowest BCUT2D eigenvalue weighted by Gasteiger charge is -1.96. The number of carbonyl (C=O) groups is 2. The topological polar surface area (TPSA) is 169 Å². The minimum Gasteiger partial charge on any atom is -0.545 e. The molecular weight excluding hydrogens is 236 g/mol. The van der Waals surface area contributed by atoms with E-state index in [1.165, 1.54) is 0 Å². The van der Waals surface area contributed by atoms with Crippen LogP contribution in [0.1, 0.15) is 0 Å². The van der Waals surface area contributed by atoms with E-state index in [2.05, 4.69) is 13.2 Å². The molecule has 0 aromatic rings. The van der Waals surface area contributed by atoms with Crippen molar-refractivity contribution in [3.63, 3.8) is 0 Å². The van der Waals surface area contributed by atoms with E-state index in [4.69, 9.17) is 35.1 Å². The molecule has 0 bridgehead atoms. The molecule has 0 aliphatic heterocycles. The Morgan fingerprint density at radius 2 is 1.24 bits per heavy atom. The molecule has 4 radical (unpaired) electrons. The Morgan fingerprint density at radius 3 is 1.24 bits per heavy atom. The third-order valence-corrected chi connectivity index (χ3v) is 0.755. The molecule has 17 heavy (non-hydrogen) atoms. The Hall–Kier alpha value is -1.74. The van der Waals surface area contributed by atoms with Gasteiger partial charge in [-0.2, -0.15) is 0 Å².